The number of anilines is 1. The Hall–Kier alpha value is -0.700. The Morgan fingerprint density at radius 2 is 2.14 bits per heavy atom. The average Bonchev–Trinajstić information content (AvgIpc) is 2.41. The van der Waals surface area contributed by atoms with E-state index >= 15 is 0 Å². The number of nitrogens with zero attached hydrogens (tertiary/aromatic N) is 2. The van der Waals surface area contributed by atoms with Crippen LogP contribution in [0.25, 0.3) is 0 Å². The lowest BCUT2D eigenvalue weighted by Crippen LogP contribution is -2.47. The van der Waals surface area contributed by atoms with E-state index in [1.54, 1.807) is 0 Å². The summed E-state index contributed by atoms with van der Waals surface area (Å²) in [7, 11) is -0.472. The zero-order chi connectivity index (χ0) is 15.8. The van der Waals surface area contributed by atoms with Gasteiger partial charge in [-0.2, -0.15) is 4.31 Å². The van der Waals surface area contributed by atoms with Crippen molar-refractivity contribution in [3.05, 3.63) is 22.4 Å². The first-order valence-corrected chi connectivity index (χ1v) is 8.88. The molecule has 1 aromatic carbocycles. The second-order valence-electron chi connectivity index (χ2n) is 5.39. The Balaban J connectivity index is 2.37. The largest absolute Gasteiger partial charge is 0.399 e. The molecular weight excluding hydrogens is 361 g/mol. The van der Waals surface area contributed by atoms with Crippen LogP contribution in [0.15, 0.2) is 21.5 Å². The lowest BCUT2D eigenvalue weighted by molar-refractivity contribution is 0.187. The number of sulfonamides is 1. The van der Waals surface area contributed by atoms with Gasteiger partial charge < -0.3 is 10.6 Å². The van der Waals surface area contributed by atoms with Crippen LogP contribution in [-0.2, 0) is 10.0 Å². The van der Waals surface area contributed by atoms with Crippen molar-refractivity contribution in [3.8, 4) is 0 Å². The van der Waals surface area contributed by atoms with Gasteiger partial charge in [-0.1, -0.05) is 0 Å². The van der Waals surface area contributed by atoms with Gasteiger partial charge in [-0.05, 0) is 54.5 Å². The normalized spacial score (nSPS) is 20.9. The smallest absolute Gasteiger partial charge is 0.246 e. The van der Waals surface area contributed by atoms with Gasteiger partial charge >= 0.3 is 0 Å². The van der Waals surface area contributed by atoms with Gasteiger partial charge in [-0.25, -0.2) is 12.8 Å². The van der Waals surface area contributed by atoms with Crippen molar-refractivity contribution in [2.24, 2.45) is 0 Å². The molecule has 1 aliphatic heterocycles. The van der Waals surface area contributed by atoms with E-state index in [1.807, 2.05) is 7.05 Å². The second kappa shape index (κ2) is 6.20. The van der Waals surface area contributed by atoms with Crippen LogP contribution in [0.5, 0.6) is 0 Å². The molecule has 0 aliphatic carbocycles. The molecular formula is C13H19BrFN3O2S. The zero-order valence-electron chi connectivity index (χ0n) is 12.0. The Bertz CT molecular complexity index is 639. The van der Waals surface area contributed by atoms with Crippen LogP contribution in [0.2, 0.25) is 0 Å². The van der Waals surface area contributed by atoms with Gasteiger partial charge in [0.05, 0.1) is 4.47 Å². The SMILES string of the molecule is CN1CCCC(N(C)S(=O)(=O)c2cc(N)cc(Br)c2F)C1. The lowest BCUT2D eigenvalue weighted by atomic mass is 10.1. The highest BCUT2D eigenvalue weighted by molar-refractivity contribution is 9.10. The van der Waals surface area contributed by atoms with E-state index in [4.69, 9.17) is 5.73 Å². The summed E-state index contributed by atoms with van der Waals surface area (Å²) in [6.07, 6.45) is 1.69. The molecule has 8 heteroatoms. The van der Waals surface area contributed by atoms with Crippen molar-refractivity contribution < 1.29 is 12.8 Å². The highest BCUT2D eigenvalue weighted by Crippen LogP contribution is 2.29. The van der Waals surface area contributed by atoms with E-state index in [2.05, 4.69) is 20.8 Å². The zero-order valence-corrected chi connectivity index (χ0v) is 14.4. The number of hydrogen-bond donors (Lipinski definition) is 1. The molecule has 1 heterocycles. The molecule has 1 atom stereocenters. The molecule has 5 nitrogen and oxygen atoms in total. The first kappa shape index (κ1) is 16.7. The molecule has 1 saturated heterocycles. The molecule has 0 saturated carbocycles. The molecule has 0 radical (unpaired) electrons. The predicted molar refractivity (Wildman–Crippen MR) is 84.0 cm³/mol. The van der Waals surface area contributed by atoms with Gasteiger partial charge in [0, 0.05) is 25.3 Å². The Labute approximate surface area is 133 Å². The number of hydrogen-bond acceptors (Lipinski definition) is 4. The van der Waals surface area contributed by atoms with Gasteiger partial charge in [0.15, 0.2) is 5.82 Å². The third kappa shape index (κ3) is 3.39. The van der Waals surface area contributed by atoms with Crippen LogP contribution in [0, 0.1) is 5.82 Å². The molecule has 1 aliphatic rings. The molecule has 0 aromatic heterocycles. The first-order valence-electron chi connectivity index (χ1n) is 6.64. The van der Waals surface area contributed by atoms with Crippen LogP contribution in [0.4, 0.5) is 10.1 Å². The molecule has 0 spiro atoms. The molecule has 2 N–H and O–H groups in total. The minimum atomic E-state index is -3.92. The molecule has 118 valence electrons. The molecule has 1 fully saturated rings. The van der Waals surface area contributed by atoms with Crippen LogP contribution in [0.3, 0.4) is 0 Å². The highest BCUT2D eigenvalue weighted by Gasteiger charge is 2.33. The van der Waals surface area contributed by atoms with E-state index in [0.717, 1.165) is 19.4 Å². The summed E-state index contributed by atoms with van der Waals surface area (Å²) in [5, 5.41) is 0. The summed E-state index contributed by atoms with van der Waals surface area (Å²) in [4.78, 5) is 1.69. The number of likely N-dealkylation sites (tertiary alicyclic amines) is 1. The second-order valence-corrected chi connectivity index (χ2v) is 8.21. The van der Waals surface area contributed by atoms with Crippen LogP contribution in [-0.4, -0.2) is 50.8 Å². The number of benzene rings is 1. The molecule has 0 bridgehead atoms. The Kier molecular flexibility index (Phi) is 4.92. The van der Waals surface area contributed by atoms with Crippen molar-refractivity contribution in [1.29, 1.82) is 0 Å². The van der Waals surface area contributed by atoms with Crippen LogP contribution < -0.4 is 5.73 Å². The Morgan fingerprint density at radius 3 is 2.76 bits per heavy atom. The van der Waals surface area contributed by atoms with Crippen LogP contribution >= 0.6 is 15.9 Å². The average molecular weight is 380 g/mol. The Morgan fingerprint density at radius 1 is 1.48 bits per heavy atom. The third-order valence-electron chi connectivity index (χ3n) is 3.79. The van der Waals surface area contributed by atoms with E-state index in [9.17, 15) is 12.8 Å². The first-order chi connectivity index (χ1) is 9.73. The number of nitrogen functional groups attached to an aromatic ring is 1. The molecule has 1 aromatic rings. The maximum Gasteiger partial charge on any atom is 0.246 e. The quantitative estimate of drug-likeness (QED) is 0.814. The summed E-state index contributed by atoms with van der Waals surface area (Å²) in [6, 6.07) is 2.36. The summed E-state index contributed by atoms with van der Waals surface area (Å²) >= 11 is 3.00. The number of halogens is 2. The molecule has 0 amide bonds. The van der Waals surface area contributed by atoms with Crippen molar-refractivity contribution >= 4 is 31.6 Å². The van der Waals surface area contributed by atoms with E-state index in [-0.39, 0.29) is 21.1 Å². The predicted octanol–water partition coefficient (Wildman–Crippen LogP) is 1.89. The molecule has 1 unspecified atom stereocenters. The monoisotopic (exact) mass is 379 g/mol. The maximum absolute atomic E-state index is 14.2. The van der Waals surface area contributed by atoms with E-state index < -0.39 is 15.8 Å². The highest BCUT2D eigenvalue weighted by atomic mass is 79.9. The van der Waals surface area contributed by atoms with Crippen molar-refractivity contribution in [2.45, 2.75) is 23.8 Å². The van der Waals surface area contributed by atoms with Gasteiger partial charge in [0.25, 0.3) is 0 Å². The topological polar surface area (TPSA) is 66.6 Å². The number of rotatable bonds is 3. The summed E-state index contributed by atoms with van der Waals surface area (Å²) < 4.78 is 40.8. The van der Waals surface area contributed by atoms with E-state index in [0.29, 0.717) is 6.54 Å². The minimum absolute atomic E-state index is 0.0511. The summed E-state index contributed by atoms with van der Waals surface area (Å²) in [6.45, 7) is 1.59. The number of likely N-dealkylation sites (N-methyl/N-ethyl adjacent to an activating group) is 2. The van der Waals surface area contributed by atoms with Crippen molar-refractivity contribution in [3.63, 3.8) is 0 Å². The number of piperidine rings is 1. The third-order valence-corrected chi connectivity index (χ3v) is 6.27. The van der Waals surface area contributed by atoms with Gasteiger partial charge in [-0.3, -0.25) is 0 Å². The minimum Gasteiger partial charge on any atom is -0.399 e. The fraction of sp³-hybridized carbons (Fsp3) is 0.538. The lowest BCUT2D eigenvalue weighted by Gasteiger charge is -2.35. The van der Waals surface area contributed by atoms with Gasteiger partial charge in [-0.15, -0.1) is 0 Å². The van der Waals surface area contributed by atoms with Gasteiger partial charge in [0.2, 0.25) is 10.0 Å². The fourth-order valence-electron chi connectivity index (χ4n) is 2.56. The summed E-state index contributed by atoms with van der Waals surface area (Å²) in [5.74, 6) is -0.805. The molecule has 21 heavy (non-hydrogen) atoms. The molecule has 2 rings (SSSR count). The van der Waals surface area contributed by atoms with Crippen molar-refractivity contribution in [1.82, 2.24) is 9.21 Å². The van der Waals surface area contributed by atoms with Crippen molar-refractivity contribution in [2.75, 3.05) is 32.9 Å². The van der Waals surface area contributed by atoms with Crippen LogP contribution in [0.1, 0.15) is 12.8 Å². The maximum atomic E-state index is 14.2. The number of nitrogens with two attached hydrogens (primary N) is 1. The van der Waals surface area contributed by atoms with Gasteiger partial charge in [0.1, 0.15) is 4.90 Å². The van der Waals surface area contributed by atoms with E-state index in [1.165, 1.54) is 23.5 Å². The standard InChI is InChI=1S/C13H19BrFN3O2S/c1-17-5-3-4-10(8-17)18(2)21(19,20)12-7-9(16)6-11(14)13(12)15/h6-7,10H,3-5,8,16H2,1-2H3. The fourth-order valence-corrected chi connectivity index (χ4v) is 4.66. The summed E-state index contributed by atoms with van der Waals surface area (Å²) in [5.41, 5.74) is 5.84.